The van der Waals surface area contributed by atoms with Crippen LogP contribution in [0.15, 0.2) is 71.8 Å². The molecule has 0 aliphatic carbocycles. The second-order valence-corrected chi connectivity index (χ2v) is 7.90. The minimum Gasteiger partial charge on any atom is -0.505 e. The number of aromatic hydroxyl groups is 1. The highest BCUT2D eigenvalue weighted by molar-refractivity contribution is 5.95. The van der Waals surface area contributed by atoms with Crippen molar-refractivity contribution in [3.63, 3.8) is 0 Å². The summed E-state index contributed by atoms with van der Waals surface area (Å²) in [6, 6.07) is 19.1. The van der Waals surface area contributed by atoms with E-state index in [0.717, 1.165) is 43.8 Å². The molecule has 4 rings (SSSR count). The van der Waals surface area contributed by atoms with Crippen LogP contribution in [0.3, 0.4) is 0 Å². The summed E-state index contributed by atoms with van der Waals surface area (Å²) in [4.78, 5) is 14.4. The van der Waals surface area contributed by atoms with E-state index in [-0.39, 0.29) is 12.4 Å². The van der Waals surface area contributed by atoms with Gasteiger partial charge in [-0.1, -0.05) is 24.3 Å². The lowest BCUT2D eigenvalue weighted by Crippen LogP contribution is -2.33. The van der Waals surface area contributed by atoms with Crippen LogP contribution in [0.25, 0.3) is 0 Å². The maximum Gasteiger partial charge on any atom is 0.271 e. The molecule has 0 aromatic heterocycles. The lowest BCUT2D eigenvalue weighted by atomic mass is 10.0. The molecular weight excluding hydrogens is 437 g/mol. The molecule has 2 N–H and O–H groups in total. The van der Waals surface area contributed by atoms with Crippen LogP contribution in [-0.4, -0.2) is 48.6 Å². The highest BCUT2D eigenvalue weighted by Gasteiger charge is 2.15. The summed E-state index contributed by atoms with van der Waals surface area (Å²) < 4.78 is 24.6. The number of halogens is 1. The topological polar surface area (TPSA) is 83.4 Å². The number of phenolic OH excluding ortho intramolecular Hbond substituents is 1. The predicted molar refractivity (Wildman–Crippen MR) is 126 cm³/mol. The van der Waals surface area contributed by atoms with Gasteiger partial charge in [0.15, 0.2) is 18.4 Å². The minimum atomic E-state index is -0.867. The van der Waals surface area contributed by atoms with Gasteiger partial charge in [0.05, 0.1) is 12.8 Å². The van der Waals surface area contributed by atoms with Crippen LogP contribution in [0, 0.1) is 5.82 Å². The molecule has 1 heterocycles. The lowest BCUT2D eigenvalue weighted by Gasteiger charge is -2.28. The normalized spacial score (nSPS) is 13.6. The molecule has 1 amide bonds. The van der Waals surface area contributed by atoms with Crippen LogP contribution in [0.1, 0.15) is 27.0 Å². The number of nitrogens with zero attached hydrogens (tertiary/aromatic N) is 2. The average Bonchev–Trinajstić information content (AvgIpc) is 2.86. The third kappa shape index (κ3) is 6.40. The van der Waals surface area contributed by atoms with Crippen molar-refractivity contribution < 1.29 is 23.8 Å². The zero-order valence-corrected chi connectivity index (χ0v) is 18.6. The number of phenols is 1. The Morgan fingerprint density at radius 3 is 2.71 bits per heavy atom. The number of rotatable bonds is 9. The molecule has 8 heteroatoms. The highest BCUT2D eigenvalue weighted by Crippen LogP contribution is 2.18. The van der Waals surface area contributed by atoms with Crippen molar-refractivity contribution in [2.75, 3.05) is 26.5 Å². The standard InChI is InChI=1S/C26H26FN3O4/c27-24-15-21(7-10-25(24)31)26(32)29-28-16-19-5-8-23(9-6-19)34-18-33-14-13-30-12-11-20-3-1-2-4-22(20)17-30/h1-10,15-16,31H,11-14,17-18H2,(H,29,32). The van der Waals surface area contributed by atoms with E-state index in [0.29, 0.717) is 12.4 Å². The van der Waals surface area contributed by atoms with Gasteiger partial charge < -0.3 is 14.6 Å². The summed E-state index contributed by atoms with van der Waals surface area (Å²) in [5, 5.41) is 13.0. The Kier molecular flexibility index (Phi) is 7.85. The second-order valence-electron chi connectivity index (χ2n) is 7.90. The van der Waals surface area contributed by atoms with E-state index < -0.39 is 17.5 Å². The van der Waals surface area contributed by atoms with E-state index in [9.17, 15) is 14.3 Å². The van der Waals surface area contributed by atoms with E-state index in [1.54, 1.807) is 24.3 Å². The number of hydrogen-bond acceptors (Lipinski definition) is 6. The van der Waals surface area contributed by atoms with Crippen molar-refractivity contribution in [1.82, 2.24) is 10.3 Å². The van der Waals surface area contributed by atoms with Gasteiger partial charge in [-0.05, 0) is 65.6 Å². The smallest absolute Gasteiger partial charge is 0.271 e. The molecule has 0 fully saturated rings. The summed E-state index contributed by atoms with van der Waals surface area (Å²) in [7, 11) is 0. The Labute approximate surface area is 197 Å². The van der Waals surface area contributed by atoms with Crippen LogP contribution in [0.5, 0.6) is 11.5 Å². The quantitative estimate of drug-likeness (QED) is 0.219. The fourth-order valence-corrected chi connectivity index (χ4v) is 3.64. The number of amides is 1. The first-order chi connectivity index (χ1) is 16.6. The third-order valence-corrected chi connectivity index (χ3v) is 5.54. The molecule has 0 bridgehead atoms. The highest BCUT2D eigenvalue weighted by atomic mass is 19.1. The van der Waals surface area contributed by atoms with Crippen molar-refractivity contribution in [2.24, 2.45) is 5.10 Å². The fourth-order valence-electron chi connectivity index (χ4n) is 3.64. The predicted octanol–water partition coefficient (Wildman–Crippen LogP) is 3.71. The Hall–Kier alpha value is -3.75. The number of carbonyl (C=O) groups excluding carboxylic acids is 1. The summed E-state index contributed by atoms with van der Waals surface area (Å²) in [5.74, 6) is -1.30. The van der Waals surface area contributed by atoms with Gasteiger partial charge in [0.25, 0.3) is 5.91 Å². The SMILES string of the molecule is O=C(NN=Cc1ccc(OCOCCN2CCc3ccccc3C2)cc1)c1ccc(O)c(F)c1. The number of benzene rings is 3. The maximum absolute atomic E-state index is 13.3. The van der Waals surface area contributed by atoms with E-state index in [1.807, 2.05) is 0 Å². The summed E-state index contributed by atoms with van der Waals surface area (Å²) >= 11 is 0. The Bertz CT molecular complexity index is 1150. The lowest BCUT2D eigenvalue weighted by molar-refractivity contribution is 0.00399. The molecule has 3 aromatic rings. The number of nitrogens with one attached hydrogen (secondary N) is 1. The van der Waals surface area contributed by atoms with Gasteiger partial charge in [-0.25, -0.2) is 9.82 Å². The molecule has 34 heavy (non-hydrogen) atoms. The molecule has 0 saturated carbocycles. The van der Waals surface area contributed by atoms with Crippen LogP contribution in [0.2, 0.25) is 0 Å². The third-order valence-electron chi connectivity index (χ3n) is 5.54. The first-order valence-corrected chi connectivity index (χ1v) is 11.0. The number of carbonyl (C=O) groups is 1. The molecule has 0 unspecified atom stereocenters. The van der Waals surface area contributed by atoms with E-state index in [1.165, 1.54) is 23.4 Å². The first-order valence-electron chi connectivity index (χ1n) is 11.0. The van der Waals surface area contributed by atoms with Crippen molar-refractivity contribution in [1.29, 1.82) is 0 Å². The van der Waals surface area contributed by atoms with Gasteiger partial charge >= 0.3 is 0 Å². The molecule has 1 aliphatic rings. The monoisotopic (exact) mass is 463 g/mol. The number of hydrogen-bond donors (Lipinski definition) is 2. The summed E-state index contributed by atoms with van der Waals surface area (Å²) in [6.07, 6.45) is 2.53. The fraction of sp³-hybridized carbons (Fsp3) is 0.231. The largest absolute Gasteiger partial charge is 0.505 e. The molecule has 0 radical (unpaired) electrons. The van der Waals surface area contributed by atoms with Crippen molar-refractivity contribution in [2.45, 2.75) is 13.0 Å². The zero-order chi connectivity index (χ0) is 23.8. The number of hydrazone groups is 1. The van der Waals surface area contributed by atoms with E-state index in [4.69, 9.17) is 9.47 Å². The molecule has 0 atom stereocenters. The number of ether oxygens (including phenoxy) is 2. The Balaban J connectivity index is 1.14. The van der Waals surface area contributed by atoms with Crippen molar-refractivity contribution in [3.05, 3.63) is 94.8 Å². The van der Waals surface area contributed by atoms with Crippen LogP contribution >= 0.6 is 0 Å². The maximum atomic E-state index is 13.3. The molecule has 0 saturated heterocycles. The van der Waals surface area contributed by atoms with Gasteiger partial charge in [-0.2, -0.15) is 5.10 Å². The van der Waals surface area contributed by atoms with Gasteiger partial charge in [0, 0.05) is 25.2 Å². The van der Waals surface area contributed by atoms with Crippen LogP contribution in [0.4, 0.5) is 4.39 Å². The zero-order valence-electron chi connectivity index (χ0n) is 18.6. The molecule has 0 spiro atoms. The summed E-state index contributed by atoms with van der Waals surface area (Å²) in [6.45, 7) is 3.61. The van der Waals surface area contributed by atoms with E-state index >= 15 is 0 Å². The van der Waals surface area contributed by atoms with Gasteiger partial charge in [0.1, 0.15) is 5.75 Å². The molecule has 1 aliphatic heterocycles. The Morgan fingerprint density at radius 1 is 1.12 bits per heavy atom. The first kappa shape index (κ1) is 23.4. The van der Waals surface area contributed by atoms with Gasteiger partial charge in [-0.15, -0.1) is 0 Å². The number of fused-ring (bicyclic) bond motifs is 1. The van der Waals surface area contributed by atoms with Gasteiger partial charge in [-0.3, -0.25) is 9.69 Å². The molecular formula is C26H26FN3O4. The molecule has 176 valence electrons. The van der Waals surface area contributed by atoms with Crippen LogP contribution < -0.4 is 10.2 Å². The second kappa shape index (κ2) is 11.4. The minimum absolute atomic E-state index is 0.0568. The van der Waals surface area contributed by atoms with Crippen LogP contribution in [-0.2, 0) is 17.7 Å². The molecule has 7 nitrogen and oxygen atoms in total. The average molecular weight is 464 g/mol. The van der Waals surface area contributed by atoms with Crippen molar-refractivity contribution >= 4 is 12.1 Å². The molecule has 3 aromatic carbocycles. The van der Waals surface area contributed by atoms with Gasteiger partial charge in [0.2, 0.25) is 0 Å². The Morgan fingerprint density at radius 2 is 1.91 bits per heavy atom. The summed E-state index contributed by atoms with van der Waals surface area (Å²) in [5.41, 5.74) is 5.95. The van der Waals surface area contributed by atoms with E-state index in [2.05, 4.69) is 39.7 Å². The van der Waals surface area contributed by atoms with Crippen molar-refractivity contribution in [3.8, 4) is 11.5 Å².